The number of nitrogens with one attached hydrogen (secondary N) is 2. The molecule has 3 rings (SSSR count). The maximum Gasteiger partial charge on any atom is 0.407 e. The van der Waals surface area contributed by atoms with Gasteiger partial charge < -0.3 is 14.8 Å². The number of rotatable bonds is 10. The first kappa shape index (κ1) is 26.5. The van der Waals surface area contributed by atoms with Gasteiger partial charge in [-0.1, -0.05) is 48.0 Å². The Morgan fingerprint density at radius 2 is 1.64 bits per heavy atom. The van der Waals surface area contributed by atoms with Gasteiger partial charge in [-0.2, -0.15) is 5.10 Å². The summed E-state index contributed by atoms with van der Waals surface area (Å²) in [7, 11) is 0. The van der Waals surface area contributed by atoms with Crippen LogP contribution < -0.4 is 15.5 Å². The van der Waals surface area contributed by atoms with E-state index in [1.54, 1.807) is 13.1 Å². The predicted octanol–water partition coefficient (Wildman–Crippen LogP) is 5.00. The zero-order valence-corrected chi connectivity index (χ0v) is 21.2. The van der Waals surface area contributed by atoms with E-state index in [1.165, 1.54) is 22.3 Å². The van der Waals surface area contributed by atoms with Crippen LogP contribution in [0.3, 0.4) is 0 Å². The van der Waals surface area contributed by atoms with E-state index in [1.807, 2.05) is 54.6 Å². The molecule has 0 bridgehead atoms. The highest BCUT2D eigenvalue weighted by Crippen LogP contribution is 2.19. The Balaban J connectivity index is 1.57. The van der Waals surface area contributed by atoms with Crippen molar-refractivity contribution in [2.24, 2.45) is 5.10 Å². The zero-order chi connectivity index (χ0) is 25.9. The molecule has 36 heavy (non-hydrogen) atoms. The highest BCUT2D eigenvalue weighted by Gasteiger charge is 2.21. The van der Waals surface area contributed by atoms with Gasteiger partial charge in [-0.25, -0.2) is 10.2 Å². The van der Waals surface area contributed by atoms with Crippen LogP contribution in [0.25, 0.3) is 0 Å². The Labute approximate surface area is 212 Å². The van der Waals surface area contributed by atoms with Gasteiger partial charge in [0.15, 0.2) is 0 Å². The number of hydrogen-bond donors (Lipinski definition) is 2. The average molecular weight is 488 g/mol. The number of nitrogens with zero attached hydrogens (tertiary/aromatic N) is 1. The molecule has 2 N–H and O–H groups in total. The summed E-state index contributed by atoms with van der Waals surface area (Å²) < 4.78 is 10.9. The van der Waals surface area contributed by atoms with Gasteiger partial charge in [-0.3, -0.25) is 4.79 Å². The van der Waals surface area contributed by atoms with E-state index in [4.69, 9.17) is 9.47 Å². The van der Waals surface area contributed by atoms with Crippen LogP contribution in [-0.4, -0.2) is 30.9 Å². The maximum absolute atomic E-state index is 12.7. The molecule has 0 saturated carbocycles. The molecular weight excluding hydrogens is 454 g/mol. The van der Waals surface area contributed by atoms with E-state index in [9.17, 15) is 9.59 Å². The standard InChI is InChI=1S/C29H33N3O4/c1-5-35-29(34)31-27(17-23-9-7-6-8-10-23)28(33)32-30-18-24-11-13-25(14-12-24)36-19-26-21(3)15-20(2)16-22(26)4/h6-16,18,27H,5,17,19H2,1-4H3,(H,31,34)(H,32,33)/b30-18-/t27-/m1/s1. The molecule has 3 aromatic rings. The van der Waals surface area contributed by atoms with Gasteiger partial charge in [0.05, 0.1) is 12.8 Å². The van der Waals surface area contributed by atoms with Gasteiger partial charge >= 0.3 is 6.09 Å². The van der Waals surface area contributed by atoms with E-state index in [2.05, 4.69) is 48.7 Å². The Morgan fingerprint density at radius 1 is 0.972 bits per heavy atom. The molecule has 1 atom stereocenters. The van der Waals surface area contributed by atoms with Crippen molar-refractivity contribution in [1.29, 1.82) is 0 Å². The fourth-order valence-corrected chi connectivity index (χ4v) is 3.87. The van der Waals surface area contributed by atoms with Crippen LogP contribution in [0, 0.1) is 20.8 Å². The quantitative estimate of drug-likeness (QED) is 0.311. The van der Waals surface area contributed by atoms with Crippen molar-refractivity contribution < 1.29 is 19.1 Å². The zero-order valence-electron chi connectivity index (χ0n) is 21.2. The van der Waals surface area contributed by atoms with E-state index in [0.717, 1.165) is 16.9 Å². The van der Waals surface area contributed by atoms with Crippen molar-refractivity contribution >= 4 is 18.2 Å². The molecule has 0 fully saturated rings. The Morgan fingerprint density at radius 3 is 2.28 bits per heavy atom. The molecular formula is C29H33N3O4. The molecule has 0 aromatic heterocycles. The summed E-state index contributed by atoms with van der Waals surface area (Å²) in [6.45, 7) is 8.70. The average Bonchev–Trinajstić information content (AvgIpc) is 2.84. The van der Waals surface area contributed by atoms with Gasteiger partial charge in [-0.05, 0) is 79.8 Å². The molecule has 0 spiro atoms. The first-order valence-corrected chi connectivity index (χ1v) is 12.0. The molecule has 0 heterocycles. The molecule has 7 heteroatoms. The predicted molar refractivity (Wildman–Crippen MR) is 141 cm³/mol. The third-order valence-corrected chi connectivity index (χ3v) is 5.66. The maximum atomic E-state index is 12.7. The summed E-state index contributed by atoms with van der Waals surface area (Å²) in [6.07, 6.45) is 1.21. The minimum Gasteiger partial charge on any atom is -0.489 e. The Bertz CT molecular complexity index is 1170. The summed E-state index contributed by atoms with van der Waals surface area (Å²) in [6, 6.07) is 20.4. The van der Waals surface area contributed by atoms with Crippen LogP contribution >= 0.6 is 0 Å². The van der Waals surface area contributed by atoms with Gasteiger partial charge in [0, 0.05) is 6.42 Å². The fraction of sp³-hybridized carbons (Fsp3) is 0.276. The van der Waals surface area contributed by atoms with Crippen LogP contribution in [0.5, 0.6) is 5.75 Å². The molecule has 0 saturated heterocycles. The van der Waals surface area contributed by atoms with Crippen LogP contribution in [0.4, 0.5) is 4.79 Å². The minimum absolute atomic E-state index is 0.216. The van der Waals surface area contributed by atoms with Gasteiger partial charge in [0.25, 0.3) is 5.91 Å². The lowest BCUT2D eigenvalue weighted by atomic mass is 10.0. The fourth-order valence-electron chi connectivity index (χ4n) is 3.87. The number of hydrogen-bond acceptors (Lipinski definition) is 5. The van der Waals surface area contributed by atoms with Crippen molar-refractivity contribution in [3.63, 3.8) is 0 Å². The first-order chi connectivity index (χ1) is 17.4. The number of carbonyl (C=O) groups excluding carboxylic acids is 2. The lowest BCUT2D eigenvalue weighted by Gasteiger charge is -2.16. The van der Waals surface area contributed by atoms with Crippen LogP contribution in [0.2, 0.25) is 0 Å². The van der Waals surface area contributed by atoms with Gasteiger partial charge in [0.1, 0.15) is 18.4 Å². The number of aryl methyl sites for hydroxylation is 3. The van der Waals surface area contributed by atoms with Crippen molar-refractivity contribution in [3.8, 4) is 5.75 Å². The second-order valence-corrected chi connectivity index (χ2v) is 8.58. The number of benzene rings is 3. The molecule has 0 unspecified atom stereocenters. The molecule has 0 aliphatic heterocycles. The SMILES string of the molecule is CCOC(=O)N[C@H](Cc1ccccc1)C(=O)N/N=C\c1ccc(OCc2c(C)cc(C)cc2C)cc1. The molecule has 0 radical (unpaired) electrons. The van der Waals surface area contributed by atoms with Crippen molar-refractivity contribution in [3.05, 3.63) is 100 Å². The van der Waals surface area contributed by atoms with Crippen LogP contribution in [0.15, 0.2) is 71.8 Å². The number of alkyl carbamates (subject to hydrolysis) is 1. The number of amides is 2. The minimum atomic E-state index is -0.826. The number of carbonyl (C=O) groups is 2. The number of hydrazone groups is 1. The van der Waals surface area contributed by atoms with Gasteiger partial charge in [-0.15, -0.1) is 0 Å². The summed E-state index contributed by atoms with van der Waals surface area (Å²) in [5.41, 5.74) is 9.08. The van der Waals surface area contributed by atoms with Crippen molar-refractivity contribution in [2.45, 2.75) is 46.8 Å². The summed E-state index contributed by atoms with van der Waals surface area (Å²) in [5, 5.41) is 6.65. The second-order valence-electron chi connectivity index (χ2n) is 8.58. The monoisotopic (exact) mass is 487 g/mol. The smallest absolute Gasteiger partial charge is 0.407 e. The topological polar surface area (TPSA) is 89.0 Å². The van der Waals surface area contributed by atoms with Gasteiger partial charge in [0.2, 0.25) is 0 Å². The highest BCUT2D eigenvalue weighted by molar-refractivity contribution is 5.87. The van der Waals surface area contributed by atoms with E-state index < -0.39 is 18.0 Å². The van der Waals surface area contributed by atoms with Crippen molar-refractivity contribution in [1.82, 2.24) is 10.7 Å². The summed E-state index contributed by atoms with van der Waals surface area (Å²) in [4.78, 5) is 24.6. The van der Waals surface area contributed by atoms with E-state index in [0.29, 0.717) is 13.0 Å². The van der Waals surface area contributed by atoms with E-state index >= 15 is 0 Å². The lowest BCUT2D eigenvalue weighted by molar-refractivity contribution is -0.123. The third-order valence-electron chi connectivity index (χ3n) is 5.66. The molecule has 7 nitrogen and oxygen atoms in total. The first-order valence-electron chi connectivity index (χ1n) is 12.0. The molecule has 3 aromatic carbocycles. The van der Waals surface area contributed by atoms with Crippen molar-refractivity contribution in [2.75, 3.05) is 6.61 Å². The number of ether oxygens (including phenoxy) is 2. The van der Waals surface area contributed by atoms with Crippen LogP contribution in [0.1, 0.15) is 40.3 Å². The Hall–Kier alpha value is -4.13. The molecule has 0 aliphatic carbocycles. The second kappa shape index (κ2) is 13.1. The normalized spacial score (nSPS) is 11.7. The molecule has 0 aliphatic rings. The summed E-state index contributed by atoms with van der Waals surface area (Å²) in [5.74, 6) is 0.309. The third kappa shape index (κ3) is 7.98. The Kier molecular flexibility index (Phi) is 9.63. The highest BCUT2D eigenvalue weighted by atomic mass is 16.5. The molecule has 188 valence electrons. The molecule has 2 amide bonds. The van der Waals surface area contributed by atoms with Crippen LogP contribution in [-0.2, 0) is 22.6 Å². The van der Waals surface area contributed by atoms with E-state index in [-0.39, 0.29) is 6.61 Å². The lowest BCUT2D eigenvalue weighted by Crippen LogP contribution is -2.47. The summed E-state index contributed by atoms with van der Waals surface area (Å²) >= 11 is 0. The largest absolute Gasteiger partial charge is 0.489 e.